The molecule has 0 bridgehead atoms. The number of esters is 2. The Morgan fingerprint density at radius 1 is 1.22 bits per heavy atom. The summed E-state index contributed by atoms with van der Waals surface area (Å²) in [5.41, 5.74) is 1.20. The zero-order valence-electron chi connectivity index (χ0n) is 15.0. The van der Waals surface area contributed by atoms with Crippen molar-refractivity contribution in [2.75, 3.05) is 13.2 Å². The third kappa shape index (κ3) is 3.91. The molecule has 0 spiro atoms. The number of amides is 2. The second-order valence-electron chi connectivity index (χ2n) is 5.84. The molecule has 2 amide bonds. The van der Waals surface area contributed by atoms with Gasteiger partial charge in [0.2, 0.25) is 0 Å². The molecule has 142 valence electrons. The van der Waals surface area contributed by atoms with Gasteiger partial charge in [-0.3, -0.25) is 0 Å². The van der Waals surface area contributed by atoms with Crippen molar-refractivity contribution in [3.8, 4) is 0 Å². The highest BCUT2D eigenvalue weighted by Crippen LogP contribution is 2.18. The third-order valence-electron chi connectivity index (χ3n) is 4.07. The van der Waals surface area contributed by atoms with Crippen LogP contribution in [0.3, 0.4) is 0 Å². The van der Waals surface area contributed by atoms with Crippen molar-refractivity contribution in [3.05, 3.63) is 47.6 Å². The van der Waals surface area contributed by atoms with Crippen LogP contribution in [0.5, 0.6) is 0 Å². The van der Waals surface area contributed by atoms with Crippen LogP contribution in [0.2, 0.25) is 0 Å². The molecule has 0 saturated carbocycles. The Kier molecular flexibility index (Phi) is 5.39. The lowest BCUT2D eigenvalue weighted by atomic mass is 10.0. The maximum absolute atomic E-state index is 12.3. The molecule has 3 heterocycles. The molecule has 2 N–H and O–H groups in total. The molecule has 0 radical (unpaired) electrons. The molecule has 1 aliphatic rings. The number of hydrogen-bond donors (Lipinski definition) is 2. The Hall–Kier alpha value is -3.36. The molecular formula is C18H20N4O5. The monoisotopic (exact) mass is 372 g/mol. The lowest BCUT2D eigenvalue weighted by Gasteiger charge is -2.28. The number of nitrogens with zero attached hydrogens (tertiary/aromatic N) is 2. The van der Waals surface area contributed by atoms with Gasteiger partial charge in [0.1, 0.15) is 12.3 Å². The Balaban J connectivity index is 1.80. The van der Waals surface area contributed by atoms with Gasteiger partial charge in [-0.05, 0) is 25.5 Å². The summed E-state index contributed by atoms with van der Waals surface area (Å²) in [5, 5.41) is 5.19. The molecule has 0 saturated heterocycles. The first kappa shape index (κ1) is 18.4. The van der Waals surface area contributed by atoms with Crippen LogP contribution in [-0.4, -0.2) is 46.6 Å². The average Bonchev–Trinajstić information content (AvgIpc) is 3.10. The number of carbonyl (C=O) groups excluding carboxylic acids is 3. The van der Waals surface area contributed by atoms with E-state index in [-0.39, 0.29) is 30.2 Å². The number of aromatic nitrogens is 2. The van der Waals surface area contributed by atoms with Crippen molar-refractivity contribution in [1.82, 2.24) is 20.0 Å². The normalized spacial score (nSPS) is 16.7. The van der Waals surface area contributed by atoms with Crippen molar-refractivity contribution in [1.29, 1.82) is 0 Å². The quantitative estimate of drug-likeness (QED) is 0.742. The van der Waals surface area contributed by atoms with E-state index >= 15 is 0 Å². The highest BCUT2D eigenvalue weighted by molar-refractivity contribution is 5.95. The van der Waals surface area contributed by atoms with Crippen LogP contribution < -0.4 is 10.6 Å². The van der Waals surface area contributed by atoms with Crippen molar-refractivity contribution in [2.24, 2.45) is 0 Å². The number of urea groups is 1. The van der Waals surface area contributed by atoms with E-state index in [0.717, 1.165) is 0 Å². The molecule has 1 aliphatic heterocycles. The van der Waals surface area contributed by atoms with Crippen LogP contribution in [0.15, 0.2) is 41.9 Å². The fraction of sp³-hybridized carbons (Fsp3) is 0.333. The summed E-state index contributed by atoms with van der Waals surface area (Å²) in [6.07, 6.45) is 3.80. The molecule has 3 rings (SSSR count). The first-order valence-electron chi connectivity index (χ1n) is 8.62. The van der Waals surface area contributed by atoms with Crippen LogP contribution in [-0.2, 0) is 14.3 Å². The summed E-state index contributed by atoms with van der Waals surface area (Å²) < 4.78 is 12.0. The third-order valence-corrected chi connectivity index (χ3v) is 4.07. The summed E-state index contributed by atoms with van der Waals surface area (Å²) in [6.45, 7) is 3.44. The Morgan fingerprint density at radius 3 is 2.74 bits per heavy atom. The van der Waals surface area contributed by atoms with Crippen molar-refractivity contribution < 1.29 is 23.9 Å². The van der Waals surface area contributed by atoms with E-state index in [1.54, 1.807) is 29.8 Å². The van der Waals surface area contributed by atoms with E-state index in [0.29, 0.717) is 12.1 Å². The SMILES string of the molecule is CCOC(=O)C1=C(COC(=O)c2cn3ccccc3n2)NC(=O)N[C@H]1CC. The van der Waals surface area contributed by atoms with Gasteiger partial charge >= 0.3 is 18.0 Å². The largest absolute Gasteiger partial charge is 0.463 e. The standard InChI is InChI=1S/C18H20N4O5/c1-3-11-15(17(24)26-4-2)13(21-18(25)20-11)10-27-16(23)12-9-22-8-6-5-7-14(22)19-12/h5-9,11H,3-4,10H2,1-2H3,(H2,20,21,25)/t11-/m0/s1. The summed E-state index contributed by atoms with van der Waals surface area (Å²) in [4.78, 5) is 40.6. The Labute approximate surface area is 155 Å². The molecule has 9 nitrogen and oxygen atoms in total. The summed E-state index contributed by atoms with van der Waals surface area (Å²) in [5.74, 6) is -1.22. The number of imidazole rings is 1. The van der Waals surface area contributed by atoms with Gasteiger partial charge < -0.3 is 24.5 Å². The van der Waals surface area contributed by atoms with E-state index in [1.807, 2.05) is 19.1 Å². The first-order valence-corrected chi connectivity index (χ1v) is 8.62. The second-order valence-corrected chi connectivity index (χ2v) is 5.84. The predicted molar refractivity (Wildman–Crippen MR) is 94.9 cm³/mol. The number of carbonyl (C=O) groups is 3. The van der Waals surface area contributed by atoms with Crippen molar-refractivity contribution in [3.63, 3.8) is 0 Å². The topological polar surface area (TPSA) is 111 Å². The number of hydrogen-bond acceptors (Lipinski definition) is 6. The predicted octanol–water partition coefficient (Wildman–Crippen LogP) is 1.40. The molecule has 2 aromatic rings. The van der Waals surface area contributed by atoms with E-state index in [2.05, 4.69) is 15.6 Å². The van der Waals surface area contributed by atoms with Crippen LogP contribution in [0.25, 0.3) is 5.65 Å². The van der Waals surface area contributed by atoms with E-state index in [1.165, 1.54) is 0 Å². The van der Waals surface area contributed by atoms with E-state index < -0.39 is 24.0 Å². The molecule has 2 aromatic heterocycles. The first-order chi connectivity index (χ1) is 13.0. The van der Waals surface area contributed by atoms with Gasteiger partial charge in [0, 0.05) is 12.4 Å². The zero-order valence-corrected chi connectivity index (χ0v) is 15.0. The highest BCUT2D eigenvalue weighted by Gasteiger charge is 2.32. The minimum Gasteiger partial charge on any atom is -0.463 e. The average molecular weight is 372 g/mol. The van der Waals surface area contributed by atoms with Crippen molar-refractivity contribution in [2.45, 2.75) is 26.3 Å². The Bertz CT molecular complexity index is 884. The van der Waals surface area contributed by atoms with Crippen LogP contribution >= 0.6 is 0 Å². The fourth-order valence-corrected chi connectivity index (χ4v) is 2.82. The summed E-state index contributed by atoms with van der Waals surface area (Å²) in [7, 11) is 0. The van der Waals surface area contributed by atoms with Gasteiger partial charge in [0.25, 0.3) is 0 Å². The molecule has 0 aromatic carbocycles. The number of rotatable bonds is 6. The van der Waals surface area contributed by atoms with Gasteiger partial charge in [-0.1, -0.05) is 13.0 Å². The van der Waals surface area contributed by atoms with E-state index in [9.17, 15) is 14.4 Å². The molecule has 0 aliphatic carbocycles. The maximum atomic E-state index is 12.3. The van der Waals surface area contributed by atoms with Crippen LogP contribution in [0.4, 0.5) is 4.79 Å². The lowest BCUT2D eigenvalue weighted by Crippen LogP contribution is -2.51. The molecule has 9 heteroatoms. The molecule has 1 atom stereocenters. The molecular weight excluding hydrogens is 352 g/mol. The smallest absolute Gasteiger partial charge is 0.358 e. The highest BCUT2D eigenvalue weighted by atomic mass is 16.5. The molecule has 0 unspecified atom stereocenters. The van der Waals surface area contributed by atoms with Gasteiger partial charge in [0.15, 0.2) is 5.69 Å². The van der Waals surface area contributed by atoms with Crippen molar-refractivity contribution >= 4 is 23.6 Å². The zero-order chi connectivity index (χ0) is 19.4. The number of pyridine rings is 1. The maximum Gasteiger partial charge on any atom is 0.358 e. The number of nitrogens with one attached hydrogen (secondary N) is 2. The van der Waals surface area contributed by atoms with Crippen LogP contribution in [0, 0.1) is 0 Å². The number of ether oxygens (including phenoxy) is 2. The second kappa shape index (κ2) is 7.90. The van der Waals surface area contributed by atoms with Gasteiger partial charge in [0.05, 0.1) is 23.9 Å². The van der Waals surface area contributed by atoms with Gasteiger partial charge in [-0.2, -0.15) is 0 Å². The Morgan fingerprint density at radius 2 is 2.04 bits per heavy atom. The van der Waals surface area contributed by atoms with Crippen LogP contribution in [0.1, 0.15) is 30.8 Å². The molecule has 0 fully saturated rings. The lowest BCUT2D eigenvalue weighted by molar-refractivity contribution is -0.139. The van der Waals surface area contributed by atoms with E-state index in [4.69, 9.17) is 9.47 Å². The summed E-state index contributed by atoms with van der Waals surface area (Å²) >= 11 is 0. The summed E-state index contributed by atoms with van der Waals surface area (Å²) in [6, 6.07) is 4.41. The molecule has 27 heavy (non-hydrogen) atoms. The number of fused-ring (bicyclic) bond motifs is 1. The van der Waals surface area contributed by atoms with Gasteiger partial charge in [-0.15, -0.1) is 0 Å². The van der Waals surface area contributed by atoms with Gasteiger partial charge in [-0.25, -0.2) is 19.4 Å². The minimum absolute atomic E-state index is 0.131. The fourth-order valence-electron chi connectivity index (χ4n) is 2.82. The minimum atomic E-state index is -0.657.